The number of ether oxygens (including phenoxy) is 1. The van der Waals surface area contributed by atoms with E-state index in [9.17, 15) is 9.46 Å². The molecule has 206 valence electrons. The average molecular weight is 508 g/mol. The molecule has 0 aliphatic carbocycles. The van der Waals surface area contributed by atoms with Gasteiger partial charge in [-0.1, -0.05) is 110 Å². The van der Waals surface area contributed by atoms with E-state index in [0.29, 0.717) is 17.6 Å². The smallest absolute Gasteiger partial charge is 0.268 e. The summed E-state index contributed by atoms with van der Waals surface area (Å²) >= 11 is 0. The second-order valence-corrected chi connectivity index (χ2v) is 12.5. The molecule has 2 atom stereocenters. The van der Waals surface area contributed by atoms with Crippen molar-refractivity contribution in [1.29, 1.82) is 0 Å². The van der Waals surface area contributed by atoms with Gasteiger partial charge in [-0.05, 0) is 6.42 Å². The van der Waals surface area contributed by atoms with E-state index in [1.807, 2.05) is 28.1 Å². The summed E-state index contributed by atoms with van der Waals surface area (Å²) in [5, 5.41) is 0. The zero-order valence-electron chi connectivity index (χ0n) is 23.4. The van der Waals surface area contributed by atoms with Crippen molar-refractivity contribution in [2.75, 3.05) is 54.1 Å². The first kappa shape index (κ1) is 34.0. The van der Waals surface area contributed by atoms with Gasteiger partial charge in [-0.2, -0.15) is 0 Å². The van der Waals surface area contributed by atoms with Crippen molar-refractivity contribution < 1.29 is 27.7 Å². The Morgan fingerprint density at radius 2 is 1.12 bits per heavy atom. The minimum Gasteiger partial charge on any atom is -0.756 e. The molecule has 0 aromatic carbocycles. The van der Waals surface area contributed by atoms with Crippen LogP contribution in [-0.4, -0.2) is 58.6 Å². The van der Waals surface area contributed by atoms with Gasteiger partial charge in [-0.25, -0.2) is 0 Å². The Bertz CT molecular complexity index is 484. The maximum absolute atomic E-state index is 11.8. The van der Waals surface area contributed by atoms with Gasteiger partial charge in [0.15, 0.2) is 0 Å². The van der Waals surface area contributed by atoms with E-state index < -0.39 is 7.82 Å². The number of rotatable bonds is 26. The van der Waals surface area contributed by atoms with E-state index in [4.69, 9.17) is 13.8 Å². The molecule has 0 fully saturated rings. The molecule has 0 aromatic heterocycles. The Morgan fingerprint density at radius 3 is 1.56 bits per heavy atom. The second-order valence-electron chi connectivity index (χ2n) is 11.1. The Hall–Kier alpha value is 0.0300. The van der Waals surface area contributed by atoms with Gasteiger partial charge in [0.25, 0.3) is 7.82 Å². The quantitative estimate of drug-likeness (QED) is 0.0709. The molecule has 0 rings (SSSR count). The van der Waals surface area contributed by atoms with Crippen LogP contribution in [0.15, 0.2) is 0 Å². The predicted molar refractivity (Wildman–Crippen MR) is 142 cm³/mol. The fraction of sp³-hybridized carbons (Fsp3) is 1.00. The predicted octanol–water partition coefficient (Wildman–Crippen LogP) is 7.11. The molecule has 0 aliphatic rings. The molecule has 1 unspecified atom stereocenters. The normalized spacial score (nSPS) is 14.9. The topological polar surface area (TPSA) is 67.8 Å². The van der Waals surface area contributed by atoms with Gasteiger partial charge in [0.05, 0.1) is 34.4 Å². The van der Waals surface area contributed by atoms with Crippen molar-refractivity contribution in [3.8, 4) is 0 Å². The van der Waals surface area contributed by atoms with Gasteiger partial charge in [-0.3, -0.25) is 4.57 Å². The number of unbranched alkanes of at least 4 members (excludes halogenated alkanes) is 15. The summed E-state index contributed by atoms with van der Waals surface area (Å²) in [6.45, 7) is 6.29. The second kappa shape index (κ2) is 22.2. The molecule has 0 amide bonds. The Labute approximate surface area is 212 Å². The lowest BCUT2D eigenvalue weighted by atomic mass is 10.0. The zero-order valence-corrected chi connectivity index (χ0v) is 24.3. The van der Waals surface area contributed by atoms with Gasteiger partial charge >= 0.3 is 0 Å². The van der Waals surface area contributed by atoms with Gasteiger partial charge in [0, 0.05) is 12.5 Å². The molecule has 0 radical (unpaired) electrons. The van der Waals surface area contributed by atoms with Gasteiger partial charge < -0.3 is 23.2 Å². The number of likely N-dealkylation sites (N-methyl/N-ethyl adjacent to an activating group) is 1. The summed E-state index contributed by atoms with van der Waals surface area (Å²) in [4.78, 5) is 11.8. The lowest BCUT2D eigenvalue weighted by molar-refractivity contribution is -0.870. The lowest BCUT2D eigenvalue weighted by Crippen LogP contribution is -2.37. The first-order valence-electron chi connectivity index (χ1n) is 14.1. The molecule has 6 nitrogen and oxygen atoms in total. The summed E-state index contributed by atoms with van der Waals surface area (Å²) in [5.74, 6) is 0.0188. The van der Waals surface area contributed by atoms with Crippen LogP contribution in [0.1, 0.15) is 117 Å². The third-order valence-corrected chi connectivity index (χ3v) is 7.04. The highest BCUT2D eigenvalue weighted by molar-refractivity contribution is 7.45. The van der Waals surface area contributed by atoms with Crippen LogP contribution in [0.2, 0.25) is 0 Å². The van der Waals surface area contributed by atoms with Crippen LogP contribution in [0.4, 0.5) is 0 Å². The Morgan fingerprint density at radius 1 is 0.676 bits per heavy atom. The molecule has 34 heavy (non-hydrogen) atoms. The third kappa shape index (κ3) is 26.6. The highest BCUT2D eigenvalue weighted by Gasteiger charge is 2.15. The molecule has 0 heterocycles. The van der Waals surface area contributed by atoms with Gasteiger partial charge in [-0.15, -0.1) is 0 Å². The van der Waals surface area contributed by atoms with Crippen molar-refractivity contribution in [1.82, 2.24) is 0 Å². The minimum absolute atomic E-state index is 0.0188. The van der Waals surface area contributed by atoms with Crippen molar-refractivity contribution >= 4 is 7.82 Å². The SMILES string of the molecule is CCCCCCCCCCCCCCCCCCOC[C@H](C)COP(=O)([O-])OCC[N+](C)(C)C. The highest BCUT2D eigenvalue weighted by atomic mass is 31.2. The zero-order chi connectivity index (χ0) is 25.5. The van der Waals surface area contributed by atoms with Crippen LogP contribution < -0.4 is 4.89 Å². The third-order valence-electron chi connectivity index (χ3n) is 6.07. The van der Waals surface area contributed by atoms with E-state index in [1.165, 1.54) is 96.3 Å². The van der Waals surface area contributed by atoms with E-state index >= 15 is 0 Å². The van der Waals surface area contributed by atoms with Crippen LogP contribution in [0, 0.1) is 5.92 Å². The minimum atomic E-state index is -4.23. The standard InChI is InChI=1S/C27H58NO5P/c1-6-7-8-9-10-11-12-13-14-15-16-17-18-19-20-21-23-31-25-27(2)26-33-34(29,30)32-24-22-28(3,4)5/h27H,6-26H2,1-5H3/t27-/m0/s1. The summed E-state index contributed by atoms with van der Waals surface area (Å²) in [5.41, 5.74) is 0. The van der Waals surface area contributed by atoms with Crippen molar-refractivity contribution in [2.24, 2.45) is 5.92 Å². The number of quaternary nitrogens is 1. The van der Waals surface area contributed by atoms with Gasteiger partial charge in [0.2, 0.25) is 0 Å². The molecule has 0 N–H and O–H groups in total. The largest absolute Gasteiger partial charge is 0.756 e. The lowest BCUT2D eigenvalue weighted by Gasteiger charge is -2.27. The van der Waals surface area contributed by atoms with Crippen LogP contribution in [-0.2, 0) is 18.3 Å². The fourth-order valence-corrected chi connectivity index (χ4v) is 4.58. The fourth-order valence-electron chi connectivity index (χ4n) is 3.77. The number of hydrogen-bond donors (Lipinski definition) is 0. The molecule has 0 saturated carbocycles. The molecular formula is C27H58NO5P. The Balaban J connectivity index is 3.37. The van der Waals surface area contributed by atoms with E-state index in [0.717, 1.165) is 13.0 Å². The van der Waals surface area contributed by atoms with Crippen LogP contribution in [0.25, 0.3) is 0 Å². The summed E-state index contributed by atoms with van der Waals surface area (Å²) < 4.78 is 28.0. The van der Waals surface area contributed by atoms with E-state index in [2.05, 4.69) is 6.92 Å². The van der Waals surface area contributed by atoms with Crippen LogP contribution >= 0.6 is 7.82 Å². The molecular weight excluding hydrogens is 449 g/mol. The first-order valence-corrected chi connectivity index (χ1v) is 15.6. The maximum atomic E-state index is 11.8. The van der Waals surface area contributed by atoms with Crippen molar-refractivity contribution in [2.45, 2.75) is 117 Å². The summed E-state index contributed by atoms with van der Waals surface area (Å²) in [6.07, 6.45) is 21.8. The highest BCUT2D eigenvalue weighted by Crippen LogP contribution is 2.38. The molecule has 0 aliphatic heterocycles. The number of nitrogens with zero attached hydrogens (tertiary/aromatic N) is 1. The first-order chi connectivity index (χ1) is 16.2. The maximum Gasteiger partial charge on any atom is 0.268 e. The molecule has 0 spiro atoms. The molecule has 7 heteroatoms. The summed E-state index contributed by atoms with van der Waals surface area (Å²) in [7, 11) is 1.73. The monoisotopic (exact) mass is 507 g/mol. The number of phosphoric ester groups is 1. The van der Waals surface area contributed by atoms with E-state index in [-0.39, 0.29) is 19.1 Å². The van der Waals surface area contributed by atoms with Gasteiger partial charge in [0.1, 0.15) is 13.2 Å². The Kier molecular flexibility index (Phi) is 22.3. The molecule has 0 bridgehead atoms. The molecule has 0 aromatic rings. The van der Waals surface area contributed by atoms with Crippen molar-refractivity contribution in [3.63, 3.8) is 0 Å². The summed E-state index contributed by atoms with van der Waals surface area (Å²) in [6, 6.07) is 0. The number of phosphoric acid groups is 1. The van der Waals surface area contributed by atoms with Crippen LogP contribution in [0.3, 0.4) is 0 Å². The van der Waals surface area contributed by atoms with Crippen LogP contribution in [0.5, 0.6) is 0 Å². The molecule has 0 saturated heterocycles. The van der Waals surface area contributed by atoms with E-state index in [1.54, 1.807) is 0 Å². The average Bonchev–Trinajstić information content (AvgIpc) is 2.76. The van der Waals surface area contributed by atoms with Crippen molar-refractivity contribution in [3.05, 3.63) is 0 Å². The number of hydrogen-bond acceptors (Lipinski definition) is 5.